The highest BCUT2D eigenvalue weighted by Crippen LogP contribution is 2.45. The number of carbonyl (C=O) groups excluding carboxylic acids is 2. The molecule has 1 atom stereocenters. The number of hydrogen-bond donors (Lipinski definition) is 2. The molecule has 206 valence electrons. The van der Waals surface area contributed by atoms with Crippen molar-refractivity contribution in [1.82, 2.24) is 20.1 Å². The van der Waals surface area contributed by atoms with E-state index >= 15 is 0 Å². The quantitative estimate of drug-likeness (QED) is 0.449. The molecule has 1 aliphatic carbocycles. The highest BCUT2D eigenvalue weighted by Gasteiger charge is 2.47. The fourth-order valence-corrected chi connectivity index (χ4v) is 6.29. The summed E-state index contributed by atoms with van der Waals surface area (Å²) < 4.78 is 30.2. The van der Waals surface area contributed by atoms with Gasteiger partial charge in [-0.05, 0) is 48.2 Å². The van der Waals surface area contributed by atoms with Gasteiger partial charge in [-0.2, -0.15) is 15.0 Å². The number of fused-ring (bicyclic) bond motifs is 3. The van der Waals surface area contributed by atoms with Crippen LogP contribution in [0, 0.1) is 11.3 Å². The van der Waals surface area contributed by atoms with Crippen LogP contribution in [0.15, 0.2) is 36.5 Å². The fraction of sp³-hybridized carbons (Fsp3) is 0.370. The van der Waals surface area contributed by atoms with E-state index in [4.69, 9.17) is 10.00 Å². The Balaban J connectivity index is 1.37. The smallest absolute Gasteiger partial charge is 0.257 e. The van der Waals surface area contributed by atoms with Gasteiger partial charge in [0.2, 0.25) is 5.91 Å². The second kappa shape index (κ2) is 9.42. The molecule has 1 fully saturated rings. The number of pyridine rings is 1. The Morgan fingerprint density at radius 1 is 1.30 bits per heavy atom. The van der Waals surface area contributed by atoms with E-state index in [1.165, 1.54) is 10.9 Å². The van der Waals surface area contributed by atoms with E-state index in [-0.39, 0.29) is 23.3 Å². The number of ether oxygens (including phenoxy) is 1. The van der Waals surface area contributed by atoms with E-state index in [0.717, 1.165) is 42.6 Å². The van der Waals surface area contributed by atoms with Crippen molar-refractivity contribution in [3.63, 3.8) is 0 Å². The molecule has 1 spiro atoms. The highest BCUT2D eigenvalue weighted by molar-refractivity contribution is 7.91. The largest absolute Gasteiger partial charge is 0.378 e. The van der Waals surface area contributed by atoms with Crippen molar-refractivity contribution < 1.29 is 22.7 Å². The minimum Gasteiger partial charge on any atom is -0.378 e. The van der Waals surface area contributed by atoms with Gasteiger partial charge in [-0.1, -0.05) is 6.07 Å². The van der Waals surface area contributed by atoms with Crippen LogP contribution in [0.1, 0.15) is 39.2 Å². The molecule has 0 unspecified atom stereocenters. The summed E-state index contributed by atoms with van der Waals surface area (Å²) in [7, 11) is -1.90. The zero-order valence-corrected chi connectivity index (χ0v) is 22.8. The molecule has 6 rings (SSSR count). The number of nitrogens with zero attached hydrogens (tertiary/aromatic N) is 5. The molecule has 2 amide bonds. The summed E-state index contributed by atoms with van der Waals surface area (Å²) in [4.78, 5) is 32.8. The molecule has 12 nitrogen and oxygen atoms in total. The van der Waals surface area contributed by atoms with Gasteiger partial charge >= 0.3 is 0 Å². The maximum Gasteiger partial charge on any atom is 0.257 e. The van der Waals surface area contributed by atoms with Gasteiger partial charge in [-0.3, -0.25) is 9.59 Å². The van der Waals surface area contributed by atoms with Crippen LogP contribution in [0.3, 0.4) is 0 Å². The summed E-state index contributed by atoms with van der Waals surface area (Å²) in [6.07, 6.45) is 4.42. The lowest BCUT2D eigenvalue weighted by Gasteiger charge is -2.40. The standard InChI is InChI=1S/C27H27N7O5S/c1-39-19-13-33(14-19)18-4-5-20-17(9-18)7-8-27(20)10-21-24(26(36)31-27)25(30-23(35)15-40(2,37)38)34(32-21)22-6-3-16(11-28)12-29-22/h3-6,9,12,19H,7-8,10,13-15H2,1-2H3,(H,30,35)(H,31,36)/t27-/m0/s1. The summed E-state index contributed by atoms with van der Waals surface area (Å²) in [5, 5.41) is 19.6. The van der Waals surface area contributed by atoms with Crippen LogP contribution in [0.5, 0.6) is 0 Å². The lowest BCUT2D eigenvalue weighted by atomic mass is 9.82. The number of amides is 2. The van der Waals surface area contributed by atoms with Gasteiger partial charge in [-0.15, -0.1) is 0 Å². The van der Waals surface area contributed by atoms with E-state index in [9.17, 15) is 18.0 Å². The van der Waals surface area contributed by atoms with Gasteiger partial charge in [0.1, 0.15) is 17.4 Å². The summed E-state index contributed by atoms with van der Waals surface area (Å²) >= 11 is 0. The average molecular weight is 562 g/mol. The normalized spacial score (nSPS) is 19.9. The van der Waals surface area contributed by atoms with Gasteiger partial charge in [0.25, 0.3) is 5.91 Å². The zero-order valence-electron chi connectivity index (χ0n) is 22.0. The van der Waals surface area contributed by atoms with Crippen molar-refractivity contribution in [2.24, 2.45) is 0 Å². The summed E-state index contributed by atoms with van der Waals surface area (Å²) in [6, 6.07) is 11.4. The average Bonchev–Trinajstić information content (AvgIpc) is 3.40. The van der Waals surface area contributed by atoms with Crippen molar-refractivity contribution in [2.75, 3.05) is 42.4 Å². The molecule has 1 aromatic carbocycles. The van der Waals surface area contributed by atoms with Crippen molar-refractivity contribution in [1.29, 1.82) is 5.26 Å². The number of nitriles is 1. The van der Waals surface area contributed by atoms with Gasteiger partial charge in [-0.25, -0.2) is 13.4 Å². The SMILES string of the molecule is COC1CN(c2ccc3c(c2)CC[C@]32Cc3nn(-c4ccc(C#N)cn4)c(NC(=O)CS(C)(=O)=O)c3C(=O)N2)C1. The first-order chi connectivity index (χ1) is 19.1. The Morgan fingerprint density at radius 3 is 2.77 bits per heavy atom. The topological polar surface area (TPSA) is 159 Å². The molecule has 2 aromatic heterocycles. The van der Waals surface area contributed by atoms with Crippen LogP contribution in [0.25, 0.3) is 5.82 Å². The minimum atomic E-state index is -3.62. The Kier molecular flexibility index (Phi) is 6.12. The Hall–Kier alpha value is -4.28. The molecule has 40 heavy (non-hydrogen) atoms. The molecule has 0 radical (unpaired) electrons. The third kappa shape index (κ3) is 4.48. The lowest BCUT2D eigenvalue weighted by Crippen LogP contribution is -2.52. The summed E-state index contributed by atoms with van der Waals surface area (Å²) in [5.41, 5.74) is 3.62. The Morgan fingerprint density at radius 2 is 2.10 bits per heavy atom. The predicted molar refractivity (Wildman–Crippen MR) is 145 cm³/mol. The number of methoxy groups -OCH3 is 1. The zero-order chi connectivity index (χ0) is 28.2. The number of hydrogen-bond acceptors (Lipinski definition) is 9. The molecule has 4 heterocycles. The number of benzene rings is 1. The van der Waals surface area contributed by atoms with Crippen LogP contribution in [-0.2, 0) is 37.7 Å². The van der Waals surface area contributed by atoms with Crippen molar-refractivity contribution in [2.45, 2.75) is 30.9 Å². The maximum absolute atomic E-state index is 13.7. The van der Waals surface area contributed by atoms with Crippen molar-refractivity contribution in [3.05, 3.63) is 64.5 Å². The molecule has 0 bridgehead atoms. The minimum absolute atomic E-state index is 0.0345. The Bertz CT molecular complexity index is 1690. The molecular weight excluding hydrogens is 534 g/mol. The number of aryl methyl sites for hydroxylation is 1. The highest BCUT2D eigenvalue weighted by atomic mass is 32.2. The van der Waals surface area contributed by atoms with Crippen LogP contribution in [-0.4, -0.2) is 73.3 Å². The summed E-state index contributed by atoms with van der Waals surface area (Å²) in [6.45, 7) is 1.68. The van der Waals surface area contributed by atoms with Crippen LogP contribution in [0.2, 0.25) is 0 Å². The first kappa shape index (κ1) is 26.0. The monoisotopic (exact) mass is 561 g/mol. The summed E-state index contributed by atoms with van der Waals surface area (Å²) in [5.74, 6) is -1.67. The number of anilines is 2. The number of sulfone groups is 1. The molecule has 2 aliphatic heterocycles. The molecule has 3 aromatic rings. The predicted octanol–water partition coefficient (Wildman–Crippen LogP) is 1.08. The number of carbonyl (C=O) groups is 2. The molecule has 3 aliphatic rings. The van der Waals surface area contributed by atoms with Crippen molar-refractivity contribution in [3.8, 4) is 11.9 Å². The Labute approximate surface area is 230 Å². The van der Waals surface area contributed by atoms with Crippen LogP contribution >= 0.6 is 0 Å². The van der Waals surface area contributed by atoms with E-state index in [1.54, 1.807) is 19.2 Å². The van der Waals surface area contributed by atoms with Gasteiger partial charge in [0, 0.05) is 44.8 Å². The first-order valence-corrected chi connectivity index (χ1v) is 14.8. The van der Waals surface area contributed by atoms with E-state index in [1.807, 2.05) is 6.07 Å². The molecule has 1 saturated heterocycles. The molecular formula is C27H27N7O5S. The molecule has 13 heteroatoms. The molecule has 2 N–H and O–H groups in total. The van der Waals surface area contributed by atoms with E-state index < -0.39 is 32.9 Å². The lowest BCUT2D eigenvalue weighted by molar-refractivity contribution is -0.113. The van der Waals surface area contributed by atoms with Crippen molar-refractivity contribution >= 4 is 33.2 Å². The van der Waals surface area contributed by atoms with Crippen LogP contribution < -0.4 is 15.5 Å². The number of rotatable bonds is 6. The van der Waals surface area contributed by atoms with Gasteiger partial charge < -0.3 is 20.3 Å². The van der Waals surface area contributed by atoms with Gasteiger partial charge in [0.05, 0.1) is 22.9 Å². The number of nitrogens with one attached hydrogen (secondary N) is 2. The number of aromatic nitrogens is 3. The fourth-order valence-electron chi connectivity index (χ4n) is 5.75. The van der Waals surface area contributed by atoms with Crippen LogP contribution in [0.4, 0.5) is 11.5 Å². The van der Waals surface area contributed by atoms with E-state index in [0.29, 0.717) is 24.1 Å². The maximum atomic E-state index is 13.7. The third-order valence-corrected chi connectivity index (χ3v) is 8.51. The third-order valence-electron chi connectivity index (χ3n) is 7.72. The first-order valence-electron chi connectivity index (χ1n) is 12.8. The van der Waals surface area contributed by atoms with Gasteiger partial charge in [0.15, 0.2) is 21.5 Å². The second-order valence-corrected chi connectivity index (χ2v) is 12.7. The second-order valence-electron chi connectivity index (χ2n) is 10.5. The molecule has 0 saturated carbocycles. The van der Waals surface area contributed by atoms with E-state index in [2.05, 4.69) is 43.8 Å².